The van der Waals surface area contributed by atoms with Crippen molar-refractivity contribution in [2.24, 2.45) is 11.3 Å². The molecule has 2 N–H and O–H groups in total. The van der Waals surface area contributed by atoms with Gasteiger partial charge in [0.05, 0.1) is 5.92 Å². The molecule has 0 saturated carbocycles. The summed E-state index contributed by atoms with van der Waals surface area (Å²) in [6, 6.07) is -0.153. The monoisotopic (exact) mass is 228 g/mol. The second kappa shape index (κ2) is 4.72. The molecule has 2 amide bonds. The molecule has 0 aromatic rings. The molecule has 0 aliphatic carbocycles. The Morgan fingerprint density at radius 3 is 2.56 bits per heavy atom. The molecule has 0 radical (unpaired) electrons. The predicted octanol–water partition coefficient (Wildman–Crippen LogP) is 1.15. The number of hydrogen-bond donors (Lipinski definition) is 2. The molecule has 0 spiro atoms. The first-order valence-corrected chi connectivity index (χ1v) is 5.55. The van der Waals surface area contributed by atoms with Gasteiger partial charge < -0.3 is 15.3 Å². The summed E-state index contributed by atoms with van der Waals surface area (Å²) in [5.74, 6) is -1.31. The molecule has 1 rings (SSSR count). The van der Waals surface area contributed by atoms with Gasteiger partial charge in [0.25, 0.3) is 0 Å². The van der Waals surface area contributed by atoms with E-state index in [0.717, 1.165) is 0 Å². The lowest BCUT2D eigenvalue weighted by atomic mass is 9.84. The Morgan fingerprint density at radius 2 is 2.19 bits per heavy atom. The standard InChI is InChI=1S/C11H20N2O3/c1-11(2,3)6-8(9(14)15)7-13-5-4-12-10(13)16/h8H,4-7H2,1-3H3,(H,12,16)(H,14,15). The molecule has 0 bridgehead atoms. The minimum absolute atomic E-state index is 0.0424. The molecule has 0 aromatic heterocycles. The van der Waals surface area contributed by atoms with E-state index in [1.165, 1.54) is 0 Å². The predicted molar refractivity (Wildman–Crippen MR) is 60.2 cm³/mol. The highest BCUT2D eigenvalue weighted by molar-refractivity contribution is 5.77. The number of carboxylic acid groups (broad SMARTS) is 1. The van der Waals surface area contributed by atoms with Crippen molar-refractivity contribution in [2.75, 3.05) is 19.6 Å². The van der Waals surface area contributed by atoms with Crippen molar-refractivity contribution in [2.45, 2.75) is 27.2 Å². The summed E-state index contributed by atoms with van der Waals surface area (Å²) in [7, 11) is 0. The van der Waals surface area contributed by atoms with Gasteiger partial charge in [-0.15, -0.1) is 0 Å². The van der Waals surface area contributed by atoms with Gasteiger partial charge in [-0.3, -0.25) is 4.79 Å². The van der Waals surface area contributed by atoms with E-state index in [1.807, 2.05) is 20.8 Å². The van der Waals surface area contributed by atoms with Gasteiger partial charge in [-0.2, -0.15) is 0 Å². The first kappa shape index (κ1) is 12.8. The Labute approximate surface area is 95.8 Å². The summed E-state index contributed by atoms with van der Waals surface area (Å²) in [4.78, 5) is 24.0. The van der Waals surface area contributed by atoms with Crippen LogP contribution in [-0.4, -0.2) is 41.6 Å². The zero-order chi connectivity index (χ0) is 12.3. The largest absolute Gasteiger partial charge is 0.481 e. The maximum Gasteiger partial charge on any atom is 0.317 e. The quantitative estimate of drug-likeness (QED) is 0.758. The average molecular weight is 228 g/mol. The van der Waals surface area contributed by atoms with E-state index in [9.17, 15) is 9.59 Å². The van der Waals surface area contributed by atoms with Crippen LogP contribution in [0.2, 0.25) is 0 Å². The van der Waals surface area contributed by atoms with E-state index in [2.05, 4.69) is 5.32 Å². The van der Waals surface area contributed by atoms with Gasteiger partial charge in [0, 0.05) is 19.6 Å². The van der Waals surface area contributed by atoms with Crippen LogP contribution < -0.4 is 5.32 Å². The molecule has 1 aliphatic heterocycles. The molecule has 1 atom stereocenters. The number of nitrogens with one attached hydrogen (secondary N) is 1. The minimum atomic E-state index is -0.824. The lowest BCUT2D eigenvalue weighted by Gasteiger charge is -2.26. The molecule has 1 heterocycles. The van der Waals surface area contributed by atoms with Crippen molar-refractivity contribution in [3.05, 3.63) is 0 Å². The van der Waals surface area contributed by atoms with Crippen LogP contribution in [0.1, 0.15) is 27.2 Å². The third kappa shape index (κ3) is 3.72. The molecule has 1 unspecified atom stereocenters. The van der Waals surface area contributed by atoms with Gasteiger partial charge in [-0.1, -0.05) is 20.8 Å². The summed E-state index contributed by atoms with van der Waals surface area (Å²) in [6.07, 6.45) is 0.576. The van der Waals surface area contributed by atoms with Gasteiger partial charge >= 0.3 is 12.0 Å². The summed E-state index contributed by atoms with van der Waals surface area (Å²) >= 11 is 0. The van der Waals surface area contributed by atoms with E-state index < -0.39 is 11.9 Å². The van der Waals surface area contributed by atoms with Crippen molar-refractivity contribution in [1.82, 2.24) is 10.2 Å². The fourth-order valence-corrected chi connectivity index (χ4v) is 1.92. The molecule has 16 heavy (non-hydrogen) atoms. The second-order valence-electron chi connectivity index (χ2n) is 5.48. The van der Waals surface area contributed by atoms with Crippen LogP contribution in [-0.2, 0) is 4.79 Å². The van der Waals surface area contributed by atoms with E-state index in [4.69, 9.17) is 5.11 Å². The third-order valence-corrected chi connectivity index (χ3v) is 2.59. The zero-order valence-electron chi connectivity index (χ0n) is 10.1. The second-order valence-corrected chi connectivity index (χ2v) is 5.48. The molecule has 1 aliphatic rings. The lowest BCUT2D eigenvalue weighted by molar-refractivity contribution is -0.143. The minimum Gasteiger partial charge on any atom is -0.481 e. The third-order valence-electron chi connectivity index (χ3n) is 2.59. The van der Waals surface area contributed by atoms with Crippen LogP contribution in [0.5, 0.6) is 0 Å². The lowest BCUT2D eigenvalue weighted by Crippen LogP contribution is -2.37. The van der Waals surface area contributed by atoms with E-state index in [0.29, 0.717) is 26.1 Å². The van der Waals surface area contributed by atoms with Crippen LogP contribution in [0.15, 0.2) is 0 Å². The topological polar surface area (TPSA) is 69.6 Å². The normalized spacial score (nSPS) is 18.4. The first-order valence-electron chi connectivity index (χ1n) is 5.55. The van der Waals surface area contributed by atoms with Crippen LogP contribution in [0.4, 0.5) is 4.79 Å². The van der Waals surface area contributed by atoms with Gasteiger partial charge in [0.2, 0.25) is 0 Å². The zero-order valence-corrected chi connectivity index (χ0v) is 10.1. The number of carboxylic acids is 1. The van der Waals surface area contributed by atoms with Gasteiger partial charge in [0.15, 0.2) is 0 Å². The number of rotatable bonds is 4. The van der Waals surface area contributed by atoms with Crippen molar-refractivity contribution in [3.8, 4) is 0 Å². The smallest absolute Gasteiger partial charge is 0.317 e. The molecule has 92 valence electrons. The van der Waals surface area contributed by atoms with Gasteiger partial charge in [-0.25, -0.2) is 4.79 Å². The van der Waals surface area contributed by atoms with Gasteiger partial charge in [0.1, 0.15) is 0 Å². The number of urea groups is 1. The van der Waals surface area contributed by atoms with Gasteiger partial charge in [-0.05, 0) is 11.8 Å². The van der Waals surface area contributed by atoms with Crippen LogP contribution in [0.25, 0.3) is 0 Å². The number of aliphatic carboxylic acids is 1. The Bertz CT molecular complexity index is 283. The summed E-state index contributed by atoms with van der Waals surface area (Å²) in [5, 5.41) is 11.8. The fraction of sp³-hybridized carbons (Fsp3) is 0.818. The maximum absolute atomic E-state index is 11.3. The van der Waals surface area contributed by atoms with Crippen LogP contribution >= 0.6 is 0 Å². The summed E-state index contributed by atoms with van der Waals surface area (Å²) in [5.41, 5.74) is -0.0424. The SMILES string of the molecule is CC(C)(C)CC(CN1CCNC1=O)C(=O)O. The highest BCUT2D eigenvalue weighted by atomic mass is 16.4. The van der Waals surface area contributed by atoms with Crippen molar-refractivity contribution in [3.63, 3.8) is 0 Å². The number of carbonyl (C=O) groups excluding carboxylic acids is 1. The molecule has 0 aromatic carbocycles. The number of nitrogens with zero attached hydrogens (tertiary/aromatic N) is 1. The fourth-order valence-electron chi connectivity index (χ4n) is 1.92. The van der Waals surface area contributed by atoms with E-state index in [-0.39, 0.29) is 11.4 Å². The first-order chi connectivity index (χ1) is 7.29. The molecule has 1 saturated heterocycles. The maximum atomic E-state index is 11.3. The highest BCUT2D eigenvalue weighted by Gasteiger charge is 2.30. The highest BCUT2D eigenvalue weighted by Crippen LogP contribution is 2.25. The van der Waals surface area contributed by atoms with E-state index >= 15 is 0 Å². The van der Waals surface area contributed by atoms with Crippen molar-refractivity contribution < 1.29 is 14.7 Å². The van der Waals surface area contributed by atoms with Crippen molar-refractivity contribution >= 4 is 12.0 Å². The Hall–Kier alpha value is -1.26. The summed E-state index contributed by atoms with van der Waals surface area (Å²) < 4.78 is 0. The van der Waals surface area contributed by atoms with Crippen molar-refractivity contribution in [1.29, 1.82) is 0 Å². The average Bonchev–Trinajstić information content (AvgIpc) is 2.48. The Morgan fingerprint density at radius 1 is 1.56 bits per heavy atom. The summed E-state index contributed by atoms with van der Waals surface area (Å²) in [6.45, 7) is 7.54. The molecule has 1 fully saturated rings. The molecule has 5 nitrogen and oxygen atoms in total. The van der Waals surface area contributed by atoms with E-state index in [1.54, 1.807) is 4.90 Å². The Balaban J connectivity index is 2.58. The Kier molecular flexibility index (Phi) is 3.78. The molecular weight excluding hydrogens is 208 g/mol. The van der Waals surface area contributed by atoms with Crippen LogP contribution in [0, 0.1) is 11.3 Å². The number of carbonyl (C=O) groups is 2. The molecular formula is C11H20N2O3. The number of hydrogen-bond acceptors (Lipinski definition) is 2. The van der Waals surface area contributed by atoms with Crippen LogP contribution in [0.3, 0.4) is 0 Å². The number of amides is 2. The molecule has 5 heteroatoms.